The molecule has 1 aromatic heterocycles. The average Bonchev–Trinajstić information content (AvgIpc) is 2.90. The van der Waals surface area contributed by atoms with Gasteiger partial charge in [-0.25, -0.2) is 18.0 Å². The summed E-state index contributed by atoms with van der Waals surface area (Å²) >= 11 is 0. The van der Waals surface area contributed by atoms with E-state index in [9.17, 15) is 28.0 Å². The van der Waals surface area contributed by atoms with Crippen LogP contribution in [0.2, 0.25) is 0 Å². The van der Waals surface area contributed by atoms with E-state index in [0.717, 1.165) is 10.8 Å². The fourth-order valence-corrected chi connectivity index (χ4v) is 2.80. The quantitative estimate of drug-likeness (QED) is 0.604. The van der Waals surface area contributed by atoms with Gasteiger partial charge in [0.2, 0.25) is 6.93 Å². The van der Waals surface area contributed by atoms with Crippen LogP contribution in [0.4, 0.5) is 19.0 Å². The van der Waals surface area contributed by atoms with E-state index in [1.165, 1.54) is 0 Å². The van der Waals surface area contributed by atoms with Gasteiger partial charge in [0, 0.05) is 6.42 Å². The van der Waals surface area contributed by atoms with E-state index in [1.54, 1.807) is 13.8 Å². The fourth-order valence-electron chi connectivity index (χ4n) is 2.09. The van der Waals surface area contributed by atoms with E-state index in [1.807, 2.05) is 0 Å². The first-order chi connectivity index (χ1) is 12.2. The third kappa shape index (κ3) is 6.78. The molecule has 1 aliphatic rings. The number of anilines is 1. The lowest BCUT2D eigenvalue weighted by Crippen LogP contribution is -2.32. The van der Waals surface area contributed by atoms with Crippen LogP contribution < -0.4 is 11.4 Å². The molecular formula is C13H21F3N3O6P. The monoisotopic (exact) mass is 403 g/mol. The number of hydrogen-bond donors (Lipinski definition) is 3. The van der Waals surface area contributed by atoms with Crippen molar-refractivity contribution >= 4 is 14.4 Å². The summed E-state index contributed by atoms with van der Waals surface area (Å²) in [4.78, 5) is 24.6. The Balaban J connectivity index is 0.00000105. The Morgan fingerprint density at radius 2 is 2.15 bits per heavy atom. The van der Waals surface area contributed by atoms with E-state index in [4.69, 9.17) is 19.5 Å². The van der Waals surface area contributed by atoms with Crippen molar-refractivity contribution in [3.63, 3.8) is 0 Å². The van der Waals surface area contributed by atoms with E-state index < -0.39 is 51.3 Å². The van der Waals surface area contributed by atoms with E-state index in [0.29, 0.717) is 0 Å². The van der Waals surface area contributed by atoms with Gasteiger partial charge in [0.1, 0.15) is 6.10 Å². The molecule has 0 radical (unpaired) electrons. The molecule has 150 valence electrons. The van der Waals surface area contributed by atoms with E-state index in [2.05, 4.69) is 4.98 Å². The number of nitrogen functional groups attached to an aromatic ring is 1. The van der Waals surface area contributed by atoms with Gasteiger partial charge in [-0.15, -0.1) is 0 Å². The minimum atomic E-state index is -2.05. The number of aliphatic hydroxyl groups is 1. The molecular weight excluding hydrogens is 382 g/mol. The van der Waals surface area contributed by atoms with Gasteiger partial charge in [-0.2, -0.15) is 4.98 Å². The summed E-state index contributed by atoms with van der Waals surface area (Å²) in [6.07, 6.45) is -1.96. The molecule has 1 saturated heterocycles. The standard InChI is InChI=1S/C12H19FN3O6P.CH2F2/c1-6(2)22-23(19)20-5-7-3-9(17)11(21-7)16-4-8(13)10(14)15-12(16)18;2-1-3/h4,6-7,9,11,17,19H,3,5H2,1-2H3,(H2,14,15,18);1H2. The highest BCUT2D eigenvalue weighted by atomic mass is 31.2. The van der Waals surface area contributed by atoms with Gasteiger partial charge in [0.15, 0.2) is 17.9 Å². The minimum Gasteiger partial charge on any atom is -0.388 e. The third-order valence-corrected chi connectivity index (χ3v) is 4.02. The summed E-state index contributed by atoms with van der Waals surface area (Å²) < 4.78 is 49.2. The Morgan fingerprint density at radius 3 is 2.73 bits per heavy atom. The smallest absolute Gasteiger partial charge is 0.351 e. The van der Waals surface area contributed by atoms with Gasteiger partial charge in [-0.1, -0.05) is 0 Å². The summed E-state index contributed by atoms with van der Waals surface area (Å²) in [5, 5.41) is 10.00. The maximum Gasteiger partial charge on any atom is 0.351 e. The summed E-state index contributed by atoms with van der Waals surface area (Å²) in [5.74, 6) is -1.40. The van der Waals surface area contributed by atoms with E-state index in [-0.39, 0.29) is 19.1 Å². The molecule has 0 saturated carbocycles. The Bertz CT molecular complexity index is 623. The zero-order chi connectivity index (χ0) is 19.9. The van der Waals surface area contributed by atoms with Gasteiger partial charge in [0.05, 0.1) is 25.0 Å². The van der Waals surface area contributed by atoms with Crippen molar-refractivity contribution < 1.29 is 37.0 Å². The molecule has 2 rings (SSSR count). The van der Waals surface area contributed by atoms with Crippen LogP contribution in [0.25, 0.3) is 0 Å². The molecule has 4 N–H and O–H groups in total. The van der Waals surface area contributed by atoms with Gasteiger partial charge >= 0.3 is 14.3 Å². The lowest BCUT2D eigenvalue weighted by atomic mass is 10.2. The van der Waals surface area contributed by atoms with Crippen molar-refractivity contribution in [2.45, 2.75) is 44.8 Å². The van der Waals surface area contributed by atoms with E-state index >= 15 is 0 Å². The highest BCUT2D eigenvalue weighted by Gasteiger charge is 2.36. The molecule has 9 nitrogen and oxygen atoms in total. The Hall–Kier alpha value is -1.30. The number of aromatic nitrogens is 2. The normalized spacial score (nSPS) is 23.6. The number of nitrogens with two attached hydrogens (primary N) is 1. The maximum absolute atomic E-state index is 13.5. The van der Waals surface area contributed by atoms with Crippen LogP contribution in [-0.2, 0) is 13.8 Å². The molecule has 0 bridgehead atoms. The Labute approximate surface area is 148 Å². The molecule has 4 atom stereocenters. The second-order valence-electron chi connectivity index (χ2n) is 5.40. The Kier molecular flexibility index (Phi) is 9.41. The molecule has 1 aromatic rings. The first kappa shape index (κ1) is 22.7. The molecule has 13 heteroatoms. The molecule has 0 aromatic carbocycles. The van der Waals surface area contributed by atoms with Crippen molar-refractivity contribution in [3.05, 3.63) is 22.5 Å². The molecule has 2 heterocycles. The zero-order valence-corrected chi connectivity index (χ0v) is 15.0. The number of aliphatic hydroxyl groups excluding tert-OH is 1. The zero-order valence-electron chi connectivity index (χ0n) is 14.1. The van der Waals surface area contributed by atoms with Crippen LogP contribution in [0.15, 0.2) is 11.0 Å². The van der Waals surface area contributed by atoms with Gasteiger partial charge in [0.25, 0.3) is 0 Å². The van der Waals surface area contributed by atoms with Crippen LogP contribution in [0.1, 0.15) is 26.5 Å². The van der Waals surface area contributed by atoms with Crippen molar-refractivity contribution in [3.8, 4) is 0 Å². The highest BCUT2D eigenvalue weighted by Crippen LogP contribution is 2.36. The topological polar surface area (TPSA) is 129 Å². The number of alkyl halides is 2. The number of rotatable bonds is 6. The lowest BCUT2D eigenvalue weighted by molar-refractivity contribution is -0.0522. The van der Waals surface area contributed by atoms with Crippen molar-refractivity contribution in [2.75, 3.05) is 19.3 Å². The summed E-state index contributed by atoms with van der Waals surface area (Å²) in [6.45, 7) is 1.70. The van der Waals surface area contributed by atoms with Crippen LogP contribution in [0.3, 0.4) is 0 Å². The second kappa shape index (κ2) is 10.8. The molecule has 0 aliphatic carbocycles. The average molecular weight is 403 g/mol. The Morgan fingerprint density at radius 1 is 1.54 bits per heavy atom. The molecule has 1 aliphatic heterocycles. The number of ether oxygens (including phenoxy) is 1. The molecule has 0 spiro atoms. The van der Waals surface area contributed by atoms with Gasteiger partial charge in [-0.3, -0.25) is 4.57 Å². The number of hydrogen-bond acceptors (Lipinski definition) is 8. The molecule has 1 fully saturated rings. The summed E-state index contributed by atoms with van der Waals surface area (Å²) in [5.41, 5.74) is 4.38. The first-order valence-corrected chi connectivity index (χ1v) is 8.60. The minimum absolute atomic E-state index is 0.0396. The maximum atomic E-state index is 13.5. The van der Waals surface area contributed by atoms with Crippen molar-refractivity contribution in [1.29, 1.82) is 0 Å². The first-order valence-electron chi connectivity index (χ1n) is 7.47. The van der Waals surface area contributed by atoms with Crippen LogP contribution >= 0.6 is 8.60 Å². The van der Waals surface area contributed by atoms with Crippen molar-refractivity contribution in [2.24, 2.45) is 0 Å². The molecule has 26 heavy (non-hydrogen) atoms. The third-order valence-electron chi connectivity index (χ3n) is 3.05. The van der Waals surface area contributed by atoms with Crippen LogP contribution in [-0.4, -0.2) is 51.4 Å². The highest BCUT2D eigenvalue weighted by molar-refractivity contribution is 7.40. The lowest BCUT2D eigenvalue weighted by Gasteiger charge is -2.18. The van der Waals surface area contributed by atoms with Crippen LogP contribution in [0, 0.1) is 5.82 Å². The fraction of sp³-hybridized carbons (Fsp3) is 0.692. The number of halogens is 3. The van der Waals surface area contributed by atoms with Crippen molar-refractivity contribution in [1.82, 2.24) is 9.55 Å². The summed E-state index contributed by atoms with van der Waals surface area (Å²) in [6, 6.07) is 0. The van der Waals surface area contributed by atoms with Gasteiger partial charge in [-0.05, 0) is 13.8 Å². The second-order valence-corrected chi connectivity index (χ2v) is 6.35. The number of nitrogens with zero attached hydrogens (tertiary/aromatic N) is 2. The SMILES string of the molecule is CC(C)OP(O)OCC1CC(O)C(n2cc(F)c(N)nc2=O)O1.FCF. The van der Waals surface area contributed by atoms with Crippen LogP contribution in [0.5, 0.6) is 0 Å². The molecule has 0 amide bonds. The molecule has 4 unspecified atom stereocenters. The summed E-state index contributed by atoms with van der Waals surface area (Å²) in [7, 11) is -2.05. The largest absolute Gasteiger partial charge is 0.388 e. The predicted octanol–water partition coefficient (Wildman–Crippen LogP) is 1.16. The predicted molar refractivity (Wildman–Crippen MR) is 85.8 cm³/mol. The van der Waals surface area contributed by atoms with Gasteiger partial charge < -0.3 is 29.5 Å².